The summed E-state index contributed by atoms with van der Waals surface area (Å²) in [6.45, 7) is -0.0914. The number of amides is 3. The Labute approximate surface area is 213 Å². The van der Waals surface area contributed by atoms with Crippen LogP contribution in [0, 0.1) is 11.6 Å². The van der Waals surface area contributed by atoms with E-state index < -0.39 is 35.7 Å². The zero-order chi connectivity index (χ0) is 25.8. The van der Waals surface area contributed by atoms with Crippen LogP contribution in [0.3, 0.4) is 0 Å². The number of urea groups is 1. The first-order valence-corrected chi connectivity index (χ1v) is 11.5. The minimum absolute atomic E-state index is 0.0914. The van der Waals surface area contributed by atoms with Crippen molar-refractivity contribution in [3.05, 3.63) is 100 Å². The monoisotopic (exact) mass is 522 g/mol. The number of fused-ring (bicyclic) bond motifs is 2. The second-order valence-corrected chi connectivity index (χ2v) is 9.03. The molecule has 0 bridgehead atoms. The lowest BCUT2D eigenvalue weighted by Gasteiger charge is -2.22. The van der Waals surface area contributed by atoms with Gasteiger partial charge in [-0.2, -0.15) is 5.10 Å². The zero-order valence-electron chi connectivity index (χ0n) is 18.8. The van der Waals surface area contributed by atoms with E-state index in [9.17, 15) is 23.5 Å². The summed E-state index contributed by atoms with van der Waals surface area (Å²) in [5.41, 5.74) is 2.26. The predicted octanol–water partition coefficient (Wildman–Crippen LogP) is 4.12. The molecular weight excluding hydrogens is 506 g/mol. The van der Waals surface area contributed by atoms with Crippen LogP contribution in [0.15, 0.2) is 61.2 Å². The fourth-order valence-electron chi connectivity index (χ4n) is 4.75. The number of aromatic nitrogens is 3. The lowest BCUT2D eigenvalue weighted by molar-refractivity contribution is 0.0960. The van der Waals surface area contributed by atoms with Gasteiger partial charge in [-0.25, -0.2) is 23.2 Å². The van der Waals surface area contributed by atoms with E-state index >= 15 is 0 Å². The van der Waals surface area contributed by atoms with Crippen molar-refractivity contribution in [2.24, 2.45) is 0 Å². The van der Waals surface area contributed by atoms with Crippen molar-refractivity contribution in [2.75, 3.05) is 16.8 Å². The van der Waals surface area contributed by atoms with Gasteiger partial charge < -0.3 is 15.7 Å². The topological polar surface area (TPSA) is 112 Å². The number of carbonyl (C=O) groups is 2. The van der Waals surface area contributed by atoms with E-state index in [4.69, 9.17) is 11.6 Å². The number of aliphatic hydroxyl groups excluding tert-OH is 1. The number of anilines is 2. The van der Waals surface area contributed by atoms with Gasteiger partial charge in [0.1, 0.15) is 24.3 Å². The van der Waals surface area contributed by atoms with Crippen molar-refractivity contribution >= 4 is 34.9 Å². The van der Waals surface area contributed by atoms with E-state index in [0.29, 0.717) is 22.5 Å². The number of carbonyl (C=O) groups excluding carboxylic acids is 2. The quantitative estimate of drug-likeness (QED) is 0.375. The Kier molecular flexibility index (Phi) is 5.39. The molecule has 3 heterocycles. The third-order valence-corrected chi connectivity index (χ3v) is 6.75. The van der Waals surface area contributed by atoms with Crippen LogP contribution in [-0.2, 0) is 0 Å². The van der Waals surface area contributed by atoms with Crippen molar-refractivity contribution in [1.82, 2.24) is 20.1 Å². The lowest BCUT2D eigenvalue weighted by Crippen LogP contribution is -2.34. The molecule has 9 nitrogen and oxygen atoms in total. The molecule has 3 N–H and O–H groups in total. The third-order valence-electron chi connectivity index (χ3n) is 6.41. The zero-order valence-corrected chi connectivity index (χ0v) is 19.6. The van der Waals surface area contributed by atoms with Gasteiger partial charge in [0, 0.05) is 27.3 Å². The summed E-state index contributed by atoms with van der Waals surface area (Å²) >= 11 is 6.36. The molecule has 0 saturated carbocycles. The van der Waals surface area contributed by atoms with Crippen LogP contribution in [0.5, 0.6) is 0 Å². The average molecular weight is 523 g/mol. The molecule has 4 aromatic rings. The third kappa shape index (κ3) is 3.88. The van der Waals surface area contributed by atoms with E-state index in [1.807, 2.05) is 0 Å². The molecular formula is C25H17ClF2N6O3. The maximum Gasteiger partial charge on any atom is 0.326 e. The minimum Gasteiger partial charge on any atom is -0.386 e. The highest BCUT2D eigenvalue weighted by Gasteiger charge is 2.37. The highest BCUT2D eigenvalue weighted by Crippen LogP contribution is 2.41. The molecule has 186 valence electrons. The molecule has 2 unspecified atom stereocenters. The average Bonchev–Trinajstić information content (AvgIpc) is 3.60. The van der Waals surface area contributed by atoms with Gasteiger partial charge in [-0.3, -0.25) is 9.69 Å². The normalized spacial score (nSPS) is 17.9. The summed E-state index contributed by atoms with van der Waals surface area (Å²) < 4.78 is 29.3. The summed E-state index contributed by atoms with van der Waals surface area (Å²) in [6, 6.07) is 9.33. The van der Waals surface area contributed by atoms with Gasteiger partial charge in [0.2, 0.25) is 0 Å². The summed E-state index contributed by atoms with van der Waals surface area (Å²) in [6.07, 6.45) is 1.69. The van der Waals surface area contributed by atoms with Gasteiger partial charge in [-0.05, 0) is 48.5 Å². The number of benzene rings is 3. The molecule has 3 aromatic carbocycles. The summed E-state index contributed by atoms with van der Waals surface area (Å²) in [7, 11) is 0. The summed E-state index contributed by atoms with van der Waals surface area (Å²) in [5, 5.41) is 20.3. The Morgan fingerprint density at radius 3 is 2.62 bits per heavy atom. The second-order valence-electron chi connectivity index (χ2n) is 8.63. The first-order chi connectivity index (χ1) is 17.8. The molecule has 2 atom stereocenters. The van der Waals surface area contributed by atoms with Crippen LogP contribution in [-0.4, -0.2) is 38.4 Å². The fraction of sp³-hybridized carbons (Fsp3) is 0.120. The molecule has 12 heteroatoms. The highest BCUT2D eigenvalue weighted by molar-refractivity contribution is 6.31. The van der Waals surface area contributed by atoms with Crippen molar-refractivity contribution < 1.29 is 23.5 Å². The number of hydrogen-bond acceptors (Lipinski definition) is 5. The smallest absolute Gasteiger partial charge is 0.326 e. The first-order valence-electron chi connectivity index (χ1n) is 11.1. The van der Waals surface area contributed by atoms with E-state index in [-0.39, 0.29) is 28.4 Å². The van der Waals surface area contributed by atoms with Crippen LogP contribution in [0.25, 0.3) is 5.69 Å². The summed E-state index contributed by atoms with van der Waals surface area (Å²) in [5.74, 6) is -1.52. The van der Waals surface area contributed by atoms with Crippen LogP contribution in [0.2, 0.25) is 5.02 Å². The molecule has 0 aliphatic carbocycles. The Bertz CT molecular complexity index is 1580. The summed E-state index contributed by atoms with van der Waals surface area (Å²) in [4.78, 5) is 31.7. The van der Waals surface area contributed by atoms with Crippen molar-refractivity contribution in [3.8, 4) is 5.69 Å². The van der Waals surface area contributed by atoms with E-state index in [1.54, 1.807) is 12.1 Å². The molecule has 6 rings (SSSR count). The van der Waals surface area contributed by atoms with Gasteiger partial charge in [0.05, 0.1) is 35.8 Å². The maximum absolute atomic E-state index is 14.1. The standard InChI is InChI=1S/C25H17ClF2N6O3/c26-18-3-1-12(27)5-15(18)23-22-17(24(36)32-23)7-14(34-11-29-10-30-34)8-19(22)31-25(37)33-9-21(35)16-6-13(28)2-4-20(16)33/h1-8,10-11,21,23,35H,9H2,(H,31,37)(H,32,36). The fourth-order valence-corrected chi connectivity index (χ4v) is 4.97. The van der Waals surface area contributed by atoms with Crippen molar-refractivity contribution in [1.29, 1.82) is 0 Å². The van der Waals surface area contributed by atoms with Crippen LogP contribution < -0.4 is 15.5 Å². The predicted molar refractivity (Wildman–Crippen MR) is 130 cm³/mol. The van der Waals surface area contributed by atoms with Gasteiger partial charge in [0.15, 0.2) is 0 Å². The number of hydrogen-bond donors (Lipinski definition) is 3. The molecule has 3 amide bonds. The number of nitrogens with zero attached hydrogens (tertiary/aromatic N) is 4. The van der Waals surface area contributed by atoms with Crippen molar-refractivity contribution in [2.45, 2.75) is 12.1 Å². The van der Waals surface area contributed by atoms with Gasteiger partial charge in [-0.1, -0.05) is 11.6 Å². The van der Waals surface area contributed by atoms with E-state index in [1.165, 1.54) is 58.6 Å². The minimum atomic E-state index is -1.06. The molecule has 0 radical (unpaired) electrons. The number of aliphatic hydroxyl groups is 1. The lowest BCUT2D eigenvalue weighted by atomic mass is 9.95. The largest absolute Gasteiger partial charge is 0.386 e. The molecule has 1 aromatic heterocycles. The number of halogens is 3. The highest BCUT2D eigenvalue weighted by atomic mass is 35.5. The SMILES string of the molecule is O=C1NC(c2cc(F)ccc2Cl)c2c(NC(=O)N3CC(O)c4cc(F)ccc43)cc(-n3cncn3)cc21. The van der Waals surface area contributed by atoms with E-state index in [2.05, 4.69) is 20.7 Å². The van der Waals surface area contributed by atoms with E-state index in [0.717, 1.165) is 0 Å². The van der Waals surface area contributed by atoms with Crippen LogP contribution in [0.1, 0.15) is 39.2 Å². The molecule has 0 fully saturated rings. The molecule has 37 heavy (non-hydrogen) atoms. The van der Waals surface area contributed by atoms with Gasteiger partial charge >= 0.3 is 6.03 Å². The van der Waals surface area contributed by atoms with Gasteiger partial charge in [0.25, 0.3) is 5.91 Å². The van der Waals surface area contributed by atoms with Crippen LogP contribution in [0.4, 0.5) is 25.0 Å². The van der Waals surface area contributed by atoms with Crippen molar-refractivity contribution in [3.63, 3.8) is 0 Å². The molecule has 2 aliphatic rings. The number of β-amino-alcohol motifs (C(OH)–C–C–N with tert-alkyl or cyclic N) is 1. The number of rotatable bonds is 3. The molecule has 0 saturated heterocycles. The van der Waals surface area contributed by atoms with Gasteiger partial charge in [-0.15, -0.1) is 0 Å². The Balaban J connectivity index is 1.46. The van der Waals surface area contributed by atoms with Crippen LogP contribution >= 0.6 is 11.6 Å². The number of nitrogens with one attached hydrogen (secondary N) is 2. The first kappa shape index (κ1) is 23.1. The Morgan fingerprint density at radius 1 is 1.11 bits per heavy atom. The Morgan fingerprint density at radius 2 is 1.86 bits per heavy atom. The Hall–Kier alpha value is -4.35. The molecule has 0 spiro atoms. The molecule has 2 aliphatic heterocycles. The second kappa shape index (κ2) is 8.64. The maximum atomic E-state index is 14.1.